The largest absolute Gasteiger partial charge is 0.330 e. The van der Waals surface area contributed by atoms with Crippen molar-refractivity contribution in [3.8, 4) is 0 Å². The van der Waals surface area contributed by atoms with Gasteiger partial charge in [-0.25, -0.2) is 0 Å². The highest BCUT2D eigenvalue weighted by atomic mass is 14.9. The molecule has 1 heterocycles. The summed E-state index contributed by atoms with van der Waals surface area (Å²) in [5, 5.41) is 3.33. The third kappa shape index (κ3) is 3.61. The Morgan fingerprint density at radius 3 is 2.47 bits per heavy atom. The van der Waals surface area contributed by atoms with Crippen LogP contribution in [0.15, 0.2) is 24.5 Å². The monoisotopic (exact) mass is 207 g/mol. The van der Waals surface area contributed by atoms with E-state index in [2.05, 4.69) is 24.1 Å². The molecule has 1 atom stereocenters. The molecular weight excluding hydrogens is 186 g/mol. The Morgan fingerprint density at radius 2 is 2.00 bits per heavy atom. The van der Waals surface area contributed by atoms with E-state index in [-0.39, 0.29) is 5.41 Å². The minimum Gasteiger partial charge on any atom is -0.330 e. The van der Waals surface area contributed by atoms with Crippen LogP contribution >= 0.6 is 0 Å². The number of pyridine rings is 1. The Balaban J connectivity index is 2.73. The van der Waals surface area contributed by atoms with Crippen molar-refractivity contribution in [2.24, 2.45) is 11.1 Å². The van der Waals surface area contributed by atoms with Crippen molar-refractivity contribution in [3.05, 3.63) is 30.1 Å². The molecule has 0 bridgehead atoms. The van der Waals surface area contributed by atoms with E-state index in [0.717, 1.165) is 6.42 Å². The maximum absolute atomic E-state index is 5.75. The molecule has 0 radical (unpaired) electrons. The fourth-order valence-electron chi connectivity index (χ4n) is 1.62. The molecule has 1 aromatic heterocycles. The highest BCUT2D eigenvalue weighted by Gasteiger charge is 2.21. The molecule has 84 valence electrons. The lowest BCUT2D eigenvalue weighted by Crippen LogP contribution is -2.30. The molecule has 0 aromatic carbocycles. The zero-order chi connectivity index (χ0) is 11.3. The summed E-state index contributed by atoms with van der Waals surface area (Å²) in [7, 11) is 1.98. The van der Waals surface area contributed by atoms with E-state index in [9.17, 15) is 0 Å². The van der Waals surface area contributed by atoms with Crippen molar-refractivity contribution < 1.29 is 0 Å². The summed E-state index contributed by atoms with van der Waals surface area (Å²) in [6.07, 6.45) is 4.69. The number of nitrogens with zero attached hydrogens (tertiary/aromatic N) is 1. The first-order valence-corrected chi connectivity index (χ1v) is 5.36. The molecule has 1 rings (SSSR count). The number of nitrogens with one attached hydrogen (secondary N) is 1. The van der Waals surface area contributed by atoms with Crippen LogP contribution in [0.3, 0.4) is 0 Å². The summed E-state index contributed by atoms with van der Waals surface area (Å²) in [5.41, 5.74) is 7.18. The van der Waals surface area contributed by atoms with Gasteiger partial charge in [-0.15, -0.1) is 0 Å². The Morgan fingerprint density at radius 1 is 1.40 bits per heavy atom. The molecule has 0 saturated heterocycles. The molecule has 1 unspecified atom stereocenters. The lowest BCUT2D eigenvalue weighted by atomic mass is 9.84. The smallest absolute Gasteiger partial charge is 0.0324 e. The Bertz CT molecular complexity index is 282. The zero-order valence-electron chi connectivity index (χ0n) is 9.83. The summed E-state index contributed by atoms with van der Waals surface area (Å²) >= 11 is 0. The van der Waals surface area contributed by atoms with Crippen molar-refractivity contribution in [1.29, 1.82) is 0 Å². The van der Waals surface area contributed by atoms with E-state index in [1.807, 2.05) is 31.6 Å². The first-order chi connectivity index (χ1) is 7.09. The van der Waals surface area contributed by atoms with Crippen LogP contribution in [0.5, 0.6) is 0 Å². The topological polar surface area (TPSA) is 50.9 Å². The van der Waals surface area contributed by atoms with E-state index in [1.54, 1.807) is 0 Å². The maximum Gasteiger partial charge on any atom is 0.0324 e. The second-order valence-electron chi connectivity index (χ2n) is 4.69. The normalized spacial score (nSPS) is 13.9. The summed E-state index contributed by atoms with van der Waals surface area (Å²) < 4.78 is 0. The van der Waals surface area contributed by atoms with E-state index in [0.29, 0.717) is 12.6 Å². The Kier molecular flexibility index (Phi) is 4.24. The molecule has 0 saturated carbocycles. The van der Waals surface area contributed by atoms with Crippen LogP contribution < -0.4 is 11.1 Å². The van der Waals surface area contributed by atoms with E-state index >= 15 is 0 Å². The standard InChI is InChI=1S/C12H21N3/c1-12(2,9-13)8-11(14-3)10-4-6-15-7-5-10/h4-7,11,14H,8-9,13H2,1-3H3. The summed E-state index contributed by atoms with van der Waals surface area (Å²) in [6.45, 7) is 5.09. The van der Waals surface area contributed by atoms with Crippen LogP contribution in [0, 0.1) is 5.41 Å². The number of hydrogen-bond acceptors (Lipinski definition) is 3. The van der Waals surface area contributed by atoms with Crippen LogP contribution in [-0.4, -0.2) is 18.6 Å². The molecule has 3 N–H and O–H groups in total. The predicted molar refractivity (Wildman–Crippen MR) is 63.5 cm³/mol. The molecule has 0 aliphatic rings. The minimum atomic E-state index is 0.164. The number of nitrogens with two attached hydrogens (primary N) is 1. The SMILES string of the molecule is CNC(CC(C)(C)CN)c1ccncc1. The number of hydrogen-bond donors (Lipinski definition) is 2. The minimum absolute atomic E-state index is 0.164. The van der Waals surface area contributed by atoms with Gasteiger partial charge in [-0.3, -0.25) is 4.98 Å². The van der Waals surface area contributed by atoms with Gasteiger partial charge in [-0.1, -0.05) is 13.8 Å². The molecule has 0 amide bonds. The van der Waals surface area contributed by atoms with Gasteiger partial charge in [0.15, 0.2) is 0 Å². The van der Waals surface area contributed by atoms with Crippen LogP contribution in [0.2, 0.25) is 0 Å². The first kappa shape index (κ1) is 12.1. The van der Waals surface area contributed by atoms with Gasteiger partial charge in [0.25, 0.3) is 0 Å². The van der Waals surface area contributed by atoms with Gasteiger partial charge >= 0.3 is 0 Å². The second-order valence-corrected chi connectivity index (χ2v) is 4.69. The van der Waals surface area contributed by atoms with Gasteiger partial charge in [0.2, 0.25) is 0 Å². The van der Waals surface area contributed by atoms with Gasteiger partial charge in [-0.2, -0.15) is 0 Å². The molecular formula is C12H21N3. The summed E-state index contributed by atoms with van der Waals surface area (Å²) in [5.74, 6) is 0. The Hall–Kier alpha value is -0.930. The van der Waals surface area contributed by atoms with Crippen LogP contribution in [0.25, 0.3) is 0 Å². The third-order valence-electron chi connectivity index (χ3n) is 2.77. The highest BCUT2D eigenvalue weighted by Crippen LogP contribution is 2.28. The molecule has 1 aromatic rings. The molecule has 15 heavy (non-hydrogen) atoms. The molecule has 3 nitrogen and oxygen atoms in total. The van der Waals surface area contributed by atoms with Crippen LogP contribution in [0.4, 0.5) is 0 Å². The first-order valence-electron chi connectivity index (χ1n) is 5.36. The zero-order valence-corrected chi connectivity index (χ0v) is 9.83. The third-order valence-corrected chi connectivity index (χ3v) is 2.77. The summed E-state index contributed by atoms with van der Waals surface area (Å²) in [6, 6.07) is 4.45. The predicted octanol–water partition coefficient (Wildman–Crippen LogP) is 1.72. The molecule has 0 aliphatic carbocycles. The van der Waals surface area contributed by atoms with Crippen LogP contribution in [0.1, 0.15) is 31.9 Å². The van der Waals surface area contributed by atoms with Gasteiger partial charge in [0.1, 0.15) is 0 Å². The number of rotatable bonds is 5. The highest BCUT2D eigenvalue weighted by molar-refractivity contribution is 5.15. The maximum atomic E-state index is 5.75. The van der Waals surface area contributed by atoms with Gasteiger partial charge in [-0.05, 0) is 43.1 Å². The fraction of sp³-hybridized carbons (Fsp3) is 0.583. The van der Waals surface area contributed by atoms with E-state index < -0.39 is 0 Å². The Labute approximate surface area is 92.1 Å². The molecule has 0 fully saturated rings. The van der Waals surface area contributed by atoms with Crippen LogP contribution in [-0.2, 0) is 0 Å². The van der Waals surface area contributed by atoms with Crippen molar-refractivity contribution in [2.45, 2.75) is 26.3 Å². The quantitative estimate of drug-likeness (QED) is 0.773. The fourth-order valence-corrected chi connectivity index (χ4v) is 1.62. The van der Waals surface area contributed by atoms with E-state index in [1.165, 1.54) is 5.56 Å². The van der Waals surface area contributed by atoms with Crippen molar-refractivity contribution in [2.75, 3.05) is 13.6 Å². The molecule has 3 heteroatoms. The second kappa shape index (κ2) is 5.24. The van der Waals surface area contributed by atoms with Gasteiger partial charge in [0.05, 0.1) is 0 Å². The van der Waals surface area contributed by atoms with Crippen molar-refractivity contribution in [3.63, 3.8) is 0 Å². The average Bonchev–Trinajstić information content (AvgIpc) is 2.27. The van der Waals surface area contributed by atoms with Gasteiger partial charge in [0, 0.05) is 18.4 Å². The summed E-state index contributed by atoms with van der Waals surface area (Å²) in [4.78, 5) is 4.03. The van der Waals surface area contributed by atoms with E-state index in [4.69, 9.17) is 5.73 Å². The lowest BCUT2D eigenvalue weighted by Gasteiger charge is -2.28. The lowest BCUT2D eigenvalue weighted by molar-refractivity contribution is 0.299. The molecule has 0 aliphatic heterocycles. The van der Waals surface area contributed by atoms with Crippen molar-refractivity contribution in [1.82, 2.24) is 10.3 Å². The molecule has 0 spiro atoms. The average molecular weight is 207 g/mol. The number of aromatic nitrogens is 1. The van der Waals surface area contributed by atoms with Gasteiger partial charge < -0.3 is 11.1 Å². The van der Waals surface area contributed by atoms with Crippen molar-refractivity contribution >= 4 is 0 Å².